The third-order valence-corrected chi connectivity index (χ3v) is 3.47. The van der Waals surface area contributed by atoms with Gasteiger partial charge >= 0.3 is 7.12 Å². The van der Waals surface area contributed by atoms with Gasteiger partial charge in [0.05, 0.1) is 10.7 Å². The van der Waals surface area contributed by atoms with Gasteiger partial charge < -0.3 is 20.1 Å². The first-order valence-corrected chi connectivity index (χ1v) is 7.13. The lowest BCUT2D eigenvalue weighted by molar-refractivity contribution is 0.426. The highest BCUT2D eigenvalue weighted by Crippen LogP contribution is 2.25. The first kappa shape index (κ1) is 17.0. The van der Waals surface area contributed by atoms with Crippen molar-refractivity contribution in [2.75, 3.05) is 5.32 Å². The van der Waals surface area contributed by atoms with Crippen LogP contribution in [0.5, 0.6) is 5.75 Å². The van der Waals surface area contributed by atoms with Gasteiger partial charge in [-0.25, -0.2) is 4.39 Å². The largest absolute Gasteiger partial charge is 0.490 e. The number of benzene rings is 2. The number of rotatable bonds is 3. The molecule has 9 heteroatoms. The molecule has 22 heavy (non-hydrogen) atoms. The van der Waals surface area contributed by atoms with Gasteiger partial charge in [-0.3, -0.25) is 0 Å². The van der Waals surface area contributed by atoms with Gasteiger partial charge in [0, 0.05) is 10.5 Å². The van der Waals surface area contributed by atoms with Crippen LogP contribution in [-0.2, 0) is 0 Å². The number of thiocarbonyl (C=S) groups is 1. The van der Waals surface area contributed by atoms with E-state index in [1.165, 1.54) is 30.3 Å². The SMILES string of the molecule is OB(O)c1cc(NC(=S)Oc2ccccc2F)c(Cl)cc1Cl. The van der Waals surface area contributed by atoms with Crippen LogP contribution in [0.4, 0.5) is 10.1 Å². The number of anilines is 1. The van der Waals surface area contributed by atoms with Gasteiger partial charge in [-0.2, -0.15) is 0 Å². The van der Waals surface area contributed by atoms with Crippen molar-refractivity contribution in [3.63, 3.8) is 0 Å². The van der Waals surface area contributed by atoms with Crippen molar-refractivity contribution in [2.24, 2.45) is 0 Å². The van der Waals surface area contributed by atoms with Crippen molar-refractivity contribution in [1.82, 2.24) is 0 Å². The molecule has 0 aromatic heterocycles. The van der Waals surface area contributed by atoms with Crippen LogP contribution in [0.2, 0.25) is 10.0 Å². The fourth-order valence-electron chi connectivity index (χ4n) is 1.62. The van der Waals surface area contributed by atoms with E-state index in [1.54, 1.807) is 6.07 Å². The average Bonchev–Trinajstić information content (AvgIpc) is 2.44. The molecule has 0 fully saturated rings. The summed E-state index contributed by atoms with van der Waals surface area (Å²) < 4.78 is 18.6. The van der Waals surface area contributed by atoms with Crippen LogP contribution < -0.4 is 15.5 Å². The molecule has 114 valence electrons. The number of hydrogen-bond acceptors (Lipinski definition) is 4. The highest BCUT2D eigenvalue weighted by Gasteiger charge is 2.18. The Labute approximate surface area is 141 Å². The van der Waals surface area contributed by atoms with E-state index in [0.717, 1.165) is 0 Å². The zero-order valence-corrected chi connectivity index (χ0v) is 13.2. The summed E-state index contributed by atoms with van der Waals surface area (Å²) >= 11 is 16.8. The molecule has 2 aromatic rings. The molecule has 0 aliphatic heterocycles. The average molecular weight is 360 g/mol. The normalized spacial score (nSPS) is 10.2. The summed E-state index contributed by atoms with van der Waals surface area (Å²) in [6.07, 6.45) is 0. The van der Waals surface area contributed by atoms with Crippen molar-refractivity contribution >= 4 is 58.9 Å². The van der Waals surface area contributed by atoms with Crippen molar-refractivity contribution in [2.45, 2.75) is 0 Å². The Morgan fingerprint density at radius 1 is 1.18 bits per heavy atom. The van der Waals surface area contributed by atoms with Gasteiger partial charge in [0.2, 0.25) is 0 Å². The van der Waals surface area contributed by atoms with Crippen LogP contribution >= 0.6 is 35.4 Å². The zero-order valence-electron chi connectivity index (χ0n) is 10.9. The van der Waals surface area contributed by atoms with Crippen LogP contribution in [0, 0.1) is 5.82 Å². The van der Waals surface area contributed by atoms with E-state index in [9.17, 15) is 14.4 Å². The lowest BCUT2D eigenvalue weighted by Gasteiger charge is -2.13. The van der Waals surface area contributed by atoms with Gasteiger partial charge in [0.15, 0.2) is 11.6 Å². The summed E-state index contributed by atoms with van der Waals surface area (Å²) in [6, 6.07) is 8.39. The summed E-state index contributed by atoms with van der Waals surface area (Å²) in [4.78, 5) is 0. The maximum Gasteiger partial charge on any atom is 0.490 e. The lowest BCUT2D eigenvalue weighted by Crippen LogP contribution is -2.31. The molecule has 0 spiro atoms. The van der Waals surface area contributed by atoms with Crippen molar-refractivity contribution < 1.29 is 19.2 Å². The van der Waals surface area contributed by atoms with Gasteiger partial charge in [-0.1, -0.05) is 35.3 Å². The third kappa shape index (κ3) is 4.09. The number of para-hydroxylation sites is 1. The molecule has 0 heterocycles. The van der Waals surface area contributed by atoms with E-state index < -0.39 is 12.9 Å². The minimum absolute atomic E-state index is 0.0438. The molecule has 0 amide bonds. The van der Waals surface area contributed by atoms with Gasteiger partial charge in [-0.05, 0) is 36.5 Å². The van der Waals surface area contributed by atoms with E-state index in [1.807, 2.05) is 0 Å². The van der Waals surface area contributed by atoms with Crippen LogP contribution in [-0.4, -0.2) is 22.3 Å². The standard InChI is InChI=1S/C13H9BCl2FNO3S/c15-8-6-9(16)11(5-7(8)14(19)20)18-13(22)21-12-4-2-1-3-10(12)17/h1-6,19-20H,(H,18,22). The fourth-order valence-corrected chi connectivity index (χ4v) is 2.35. The maximum atomic E-state index is 13.5. The van der Waals surface area contributed by atoms with Crippen LogP contribution in [0.25, 0.3) is 0 Å². The smallest absolute Gasteiger partial charge is 0.429 e. The molecule has 0 bridgehead atoms. The molecular formula is C13H9BCl2FNO3S. The molecule has 0 unspecified atom stereocenters. The molecule has 0 aliphatic rings. The topological polar surface area (TPSA) is 61.7 Å². The second kappa shape index (κ2) is 7.26. The van der Waals surface area contributed by atoms with Gasteiger partial charge in [-0.15, -0.1) is 0 Å². The van der Waals surface area contributed by atoms with Crippen LogP contribution in [0.15, 0.2) is 36.4 Å². The molecule has 0 radical (unpaired) electrons. The summed E-state index contributed by atoms with van der Waals surface area (Å²) in [5.41, 5.74) is 0.290. The molecule has 2 aromatic carbocycles. The molecule has 2 rings (SSSR count). The number of hydrogen-bond donors (Lipinski definition) is 3. The summed E-state index contributed by atoms with van der Waals surface area (Å²) in [7, 11) is -1.77. The van der Waals surface area contributed by atoms with E-state index in [-0.39, 0.29) is 32.1 Å². The first-order valence-electron chi connectivity index (χ1n) is 5.97. The lowest BCUT2D eigenvalue weighted by atomic mass is 9.80. The summed E-state index contributed by atoms with van der Waals surface area (Å²) in [5, 5.41) is 21.2. The van der Waals surface area contributed by atoms with Crippen LogP contribution in [0.3, 0.4) is 0 Å². The highest BCUT2D eigenvalue weighted by molar-refractivity contribution is 7.80. The van der Waals surface area contributed by atoms with E-state index in [2.05, 4.69) is 5.32 Å². The number of nitrogens with one attached hydrogen (secondary N) is 1. The van der Waals surface area contributed by atoms with Crippen LogP contribution in [0.1, 0.15) is 0 Å². The number of ether oxygens (including phenoxy) is 1. The third-order valence-electron chi connectivity index (χ3n) is 2.64. The molecule has 3 N–H and O–H groups in total. The highest BCUT2D eigenvalue weighted by atomic mass is 35.5. The predicted molar refractivity (Wildman–Crippen MR) is 89.5 cm³/mol. The van der Waals surface area contributed by atoms with E-state index >= 15 is 0 Å². The predicted octanol–water partition coefficient (Wildman–Crippen LogP) is 2.59. The second-order valence-electron chi connectivity index (χ2n) is 4.17. The quantitative estimate of drug-likeness (QED) is 0.580. The Morgan fingerprint density at radius 3 is 2.50 bits per heavy atom. The molecular weight excluding hydrogens is 351 g/mol. The number of halogens is 3. The van der Waals surface area contributed by atoms with Gasteiger partial charge in [0.1, 0.15) is 0 Å². The molecule has 4 nitrogen and oxygen atoms in total. The Balaban J connectivity index is 2.18. The monoisotopic (exact) mass is 359 g/mol. The molecule has 0 atom stereocenters. The first-order chi connectivity index (χ1) is 10.4. The summed E-state index contributed by atoms with van der Waals surface area (Å²) in [6.45, 7) is 0. The summed E-state index contributed by atoms with van der Waals surface area (Å²) in [5.74, 6) is -0.618. The Bertz CT molecular complexity index is 718. The Morgan fingerprint density at radius 2 is 1.86 bits per heavy atom. The maximum absolute atomic E-state index is 13.5. The second-order valence-corrected chi connectivity index (χ2v) is 5.36. The minimum Gasteiger partial charge on any atom is -0.429 e. The van der Waals surface area contributed by atoms with Gasteiger partial charge in [0.25, 0.3) is 5.17 Å². The van der Waals surface area contributed by atoms with Crippen molar-refractivity contribution in [1.29, 1.82) is 0 Å². The van der Waals surface area contributed by atoms with Crippen molar-refractivity contribution in [3.8, 4) is 5.75 Å². The zero-order chi connectivity index (χ0) is 16.3. The molecule has 0 saturated carbocycles. The molecule has 0 aliphatic carbocycles. The van der Waals surface area contributed by atoms with E-state index in [4.69, 9.17) is 40.2 Å². The molecule has 0 saturated heterocycles. The Kier molecular flexibility index (Phi) is 5.60. The fraction of sp³-hybridized carbons (Fsp3) is 0. The van der Waals surface area contributed by atoms with E-state index in [0.29, 0.717) is 0 Å². The van der Waals surface area contributed by atoms with Crippen molar-refractivity contribution in [3.05, 3.63) is 52.3 Å². The Hall–Kier alpha value is -1.38. The minimum atomic E-state index is -1.77.